The summed E-state index contributed by atoms with van der Waals surface area (Å²) in [6.07, 6.45) is 1.68. The number of nitrogens with zero attached hydrogens (tertiary/aromatic N) is 2. The molecule has 4 rings (SSSR count). The van der Waals surface area contributed by atoms with Crippen LogP contribution in [0.5, 0.6) is 5.75 Å². The number of benzene rings is 3. The van der Waals surface area contributed by atoms with E-state index < -0.39 is 4.92 Å². The highest BCUT2D eigenvalue weighted by atomic mass is 16.6. The van der Waals surface area contributed by atoms with Crippen LogP contribution in [0.3, 0.4) is 0 Å². The minimum Gasteiger partial charge on any atom is -0.494 e. The highest BCUT2D eigenvalue weighted by Gasteiger charge is 2.21. The van der Waals surface area contributed by atoms with Gasteiger partial charge in [0.15, 0.2) is 11.4 Å². The molecule has 0 aliphatic rings. The first kappa shape index (κ1) is 20.0. The summed E-state index contributed by atoms with van der Waals surface area (Å²) in [6.45, 7) is 2.46. The van der Waals surface area contributed by atoms with Crippen molar-refractivity contribution in [1.29, 1.82) is 0 Å². The molecule has 7 nitrogen and oxygen atoms in total. The first-order valence-corrected chi connectivity index (χ1v) is 9.65. The Kier molecular flexibility index (Phi) is 5.57. The van der Waals surface area contributed by atoms with Crippen molar-refractivity contribution in [3.8, 4) is 5.75 Å². The van der Waals surface area contributed by atoms with Crippen molar-refractivity contribution in [3.05, 3.63) is 99.9 Å². The van der Waals surface area contributed by atoms with Gasteiger partial charge < -0.3 is 9.15 Å². The molecule has 154 valence electrons. The third-order valence-electron chi connectivity index (χ3n) is 4.61. The second-order valence-corrected chi connectivity index (χ2v) is 6.68. The molecule has 7 heteroatoms. The lowest BCUT2D eigenvalue weighted by molar-refractivity contribution is -0.384. The first-order valence-electron chi connectivity index (χ1n) is 9.65. The molecule has 0 spiro atoms. The third-order valence-corrected chi connectivity index (χ3v) is 4.61. The van der Waals surface area contributed by atoms with Crippen molar-refractivity contribution in [1.82, 2.24) is 4.98 Å². The number of nitro benzene ring substituents is 1. The van der Waals surface area contributed by atoms with E-state index in [1.165, 1.54) is 24.3 Å². The third kappa shape index (κ3) is 4.35. The Hall–Kier alpha value is -4.26. The molecule has 0 N–H and O–H groups in total. The van der Waals surface area contributed by atoms with Gasteiger partial charge in [-0.05, 0) is 55.0 Å². The number of carbonyl (C=O) groups is 1. The van der Waals surface area contributed by atoms with E-state index in [2.05, 4.69) is 4.98 Å². The molecule has 31 heavy (non-hydrogen) atoms. The van der Waals surface area contributed by atoms with E-state index in [4.69, 9.17) is 9.15 Å². The van der Waals surface area contributed by atoms with Crippen LogP contribution < -0.4 is 4.74 Å². The molecule has 0 atom stereocenters. The van der Waals surface area contributed by atoms with Gasteiger partial charge in [0.25, 0.3) is 5.69 Å². The van der Waals surface area contributed by atoms with E-state index in [1.807, 2.05) is 43.3 Å². The molecule has 0 aliphatic carbocycles. The van der Waals surface area contributed by atoms with Gasteiger partial charge in [0.1, 0.15) is 11.3 Å². The van der Waals surface area contributed by atoms with Gasteiger partial charge in [-0.1, -0.05) is 24.3 Å². The molecule has 0 amide bonds. The Balaban J connectivity index is 1.77. The van der Waals surface area contributed by atoms with E-state index >= 15 is 0 Å². The maximum absolute atomic E-state index is 13.3. The molecule has 0 saturated carbocycles. The lowest BCUT2D eigenvalue weighted by Crippen LogP contribution is -2.03. The molecule has 0 fully saturated rings. The number of hydrogen-bond acceptors (Lipinski definition) is 6. The summed E-state index contributed by atoms with van der Waals surface area (Å²) in [5.41, 5.74) is 2.41. The Morgan fingerprint density at radius 3 is 2.42 bits per heavy atom. The highest BCUT2D eigenvalue weighted by Crippen LogP contribution is 2.27. The highest BCUT2D eigenvalue weighted by molar-refractivity contribution is 6.31. The molecule has 4 aromatic rings. The van der Waals surface area contributed by atoms with E-state index in [0.29, 0.717) is 23.3 Å². The standard InChI is InChI=1S/C24H18N2O5/c1-2-30-19-13-7-16(8-14-19)15-20(24-25-21-5-3-4-6-22(21)31-24)23(27)17-9-11-18(12-10-17)26(28)29/h3-15H,2H2,1H3/b20-15+. The van der Waals surface area contributed by atoms with Crippen molar-refractivity contribution >= 4 is 34.2 Å². The molecule has 0 bridgehead atoms. The number of rotatable bonds is 7. The first-order chi connectivity index (χ1) is 15.0. The van der Waals surface area contributed by atoms with Crippen LogP contribution in [-0.4, -0.2) is 22.3 Å². The molecule has 0 aliphatic heterocycles. The number of hydrogen-bond donors (Lipinski definition) is 0. The summed E-state index contributed by atoms with van der Waals surface area (Å²) in [5.74, 6) is 0.554. The normalized spacial score (nSPS) is 11.5. The van der Waals surface area contributed by atoms with Crippen LogP contribution in [0.25, 0.3) is 22.7 Å². The number of allylic oxidation sites excluding steroid dienone is 1. The van der Waals surface area contributed by atoms with Crippen molar-refractivity contribution in [2.75, 3.05) is 6.61 Å². The zero-order valence-electron chi connectivity index (χ0n) is 16.6. The van der Waals surface area contributed by atoms with Gasteiger partial charge in [-0.25, -0.2) is 4.98 Å². The van der Waals surface area contributed by atoms with Gasteiger partial charge in [0.05, 0.1) is 17.1 Å². The van der Waals surface area contributed by atoms with Gasteiger partial charge in [-0.2, -0.15) is 0 Å². The lowest BCUT2D eigenvalue weighted by atomic mass is 10.0. The fourth-order valence-corrected chi connectivity index (χ4v) is 3.10. The van der Waals surface area contributed by atoms with Gasteiger partial charge in [-0.15, -0.1) is 0 Å². The Bertz CT molecular complexity index is 1240. The zero-order valence-corrected chi connectivity index (χ0v) is 16.6. The molecule has 3 aromatic carbocycles. The van der Waals surface area contributed by atoms with Crippen LogP contribution in [0.15, 0.2) is 77.2 Å². The fourth-order valence-electron chi connectivity index (χ4n) is 3.10. The predicted molar refractivity (Wildman–Crippen MR) is 117 cm³/mol. The number of para-hydroxylation sites is 2. The SMILES string of the molecule is CCOc1ccc(/C=C(\C(=O)c2ccc([N+](=O)[O-])cc2)c2nc3ccccc3o2)cc1. The molecular formula is C24H18N2O5. The second-order valence-electron chi connectivity index (χ2n) is 6.68. The number of fused-ring (bicyclic) bond motifs is 1. The molecule has 1 aromatic heterocycles. The molecule has 0 radical (unpaired) electrons. The number of nitro groups is 1. The van der Waals surface area contributed by atoms with Crippen molar-refractivity contribution in [3.63, 3.8) is 0 Å². The average molecular weight is 414 g/mol. The Morgan fingerprint density at radius 2 is 1.77 bits per heavy atom. The number of Topliss-reactive ketones (excluding diaryl/α,β-unsaturated/α-hetero) is 1. The maximum atomic E-state index is 13.3. The zero-order chi connectivity index (χ0) is 21.8. The quantitative estimate of drug-likeness (QED) is 0.170. The van der Waals surface area contributed by atoms with E-state index in [0.717, 1.165) is 11.3 Å². The second kappa shape index (κ2) is 8.62. The van der Waals surface area contributed by atoms with Gasteiger partial charge in [0, 0.05) is 17.7 Å². The van der Waals surface area contributed by atoms with Gasteiger partial charge in [-0.3, -0.25) is 14.9 Å². The minimum absolute atomic E-state index is 0.0875. The van der Waals surface area contributed by atoms with Crippen molar-refractivity contribution in [2.45, 2.75) is 6.92 Å². The number of carbonyl (C=O) groups excluding carboxylic acids is 1. The number of non-ortho nitro benzene ring substituents is 1. The molecule has 1 heterocycles. The van der Waals surface area contributed by atoms with E-state index in [9.17, 15) is 14.9 Å². The fraction of sp³-hybridized carbons (Fsp3) is 0.0833. The predicted octanol–water partition coefficient (Wildman–Crippen LogP) is 5.56. The maximum Gasteiger partial charge on any atom is 0.269 e. The summed E-state index contributed by atoms with van der Waals surface area (Å²) in [7, 11) is 0. The van der Waals surface area contributed by atoms with Crippen LogP contribution in [0, 0.1) is 10.1 Å². The lowest BCUT2D eigenvalue weighted by Gasteiger charge is -2.06. The summed E-state index contributed by atoms with van der Waals surface area (Å²) < 4.78 is 11.3. The number of ketones is 1. The van der Waals surface area contributed by atoms with E-state index in [-0.39, 0.29) is 22.9 Å². The summed E-state index contributed by atoms with van der Waals surface area (Å²) in [5, 5.41) is 10.9. The number of oxazole rings is 1. The van der Waals surface area contributed by atoms with Crippen molar-refractivity contribution in [2.24, 2.45) is 0 Å². The average Bonchev–Trinajstić information content (AvgIpc) is 3.22. The summed E-state index contributed by atoms with van der Waals surface area (Å²) >= 11 is 0. The monoisotopic (exact) mass is 414 g/mol. The summed E-state index contributed by atoms with van der Waals surface area (Å²) in [6, 6.07) is 20.0. The topological polar surface area (TPSA) is 95.5 Å². The molecular weight excluding hydrogens is 396 g/mol. The summed E-state index contributed by atoms with van der Waals surface area (Å²) in [4.78, 5) is 28.2. The number of ether oxygens (including phenoxy) is 1. The molecule has 0 unspecified atom stereocenters. The molecule has 0 saturated heterocycles. The number of aromatic nitrogens is 1. The van der Waals surface area contributed by atoms with Crippen molar-refractivity contribution < 1.29 is 18.9 Å². The van der Waals surface area contributed by atoms with Crippen LogP contribution in [-0.2, 0) is 0 Å². The van der Waals surface area contributed by atoms with Crippen LogP contribution in [0.4, 0.5) is 5.69 Å². The van der Waals surface area contributed by atoms with Crippen LogP contribution >= 0.6 is 0 Å². The smallest absolute Gasteiger partial charge is 0.269 e. The van der Waals surface area contributed by atoms with Crippen LogP contribution in [0.2, 0.25) is 0 Å². The van der Waals surface area contributed by atoms with Gasteiger partial charge in [0.2, 0.25) is 5.89 Å². The van der Waals surface area contributed by atoms with Gasteiger partial charge >= 0.3 is 0 Å². The Labute approximate surface area is 177 Å². The van der Waals surface area contributed by atoms with E-state index in [1.54, 1.807) is 18.2 Å². The largest absolute Gasteiger partial charge is 0.494 e. The Morgan fingerprint density at radius 1 is 1.06 bits per heavy atom. The van der Waals surface area contributed by atoms with Crippen LogP contribution in [0.1, 0.15) is 28.7 Å². The minimum atomic E-state index is -0.508.